The van der Waals surface area contributed by atoms with E-state index in [1.54, 1.807) is 6.92 Å². The van der Waals surface area contributed by atoms with E-state index in [1.807, 2.05) is 0 Å². The molecule has 2 aromatic rings. The maximum Gasteiger partial charge on any atom is 0.416 e. The lowest BCUT2D eigenvalue weighted by atomic mass is 9.78. The molecule has 1 aliphatic rings. The standard InChI is InChI=1S/C27H27F9N2O4/c1-4-10-42-24(40)38-19(5-2)21(27(34,35)36)22(18-8-6-7-9-20(18)38)37(23(39)41-3)14-15-11-16(25(28,29)30)13-17(12-15)26(31,32)33/h6-9,11-13,19,21-22H,4-5,10,14H2,1-3H3/t19-,21?,22-/m1/s1. The fourth-order valence-electron chi connectivity index (χ4n) is 5.09. The highest BCUT2D eigenvalue weighted by Gasteiger charge is 2.58. The highest BCUT2D eigenvalue weighted by Crippen LogP contribution is 2.52. The Bertz CT molecular complexity index is 1250. The van der Waals surface area contributed by atoms with E-state index in [2.05, 4.69) is 4.74 Å². The van der Waals surface area contributed by atoms with Crippen LogP contribution in [-0.4, -0.2) is 43.0 Å². The molecule has 0 saturated carbocycles. The van der Waals surface area contributed by atoms with Crippen molar-refractivity contribution < 1.29 is 58.6 Å². The zero-order valence-electron chi connectivity index (χ0n) is 22.5. The highest BCUT2D eigenvalue weighted by molar-refractivity contribution is 5.90. The molecule has 0 spiro atoms. The number of amides is 2. The Balaban J connectivity index is 2.28. The van der Waals surface area contributed by atoms with Crippen LogP contribution in [0.1, 0.15) is 55.0 Å². The third-order valence-electron chi connectivity index (χ3n) is 6.77. The summed E-state index contributed by atoms with van der Waals surface area (Å²) in [5.41, 5.74) is -4.44. The van der Waals surface area contributed by atoms with Gasteiger partial charge in [0, 0.05) is 6.54 Å². The van der Waals surface area contributed by atoms with Gasteiger partial charge in [-0.3, -0.25) is 9.80 Å². The number of methoxy groups -OCH3 is 1. The van der Waals surface area contributed by atoms with Crippen LogP contribution in [0.25, 0.3) is 0 Å². The number of hydrogen-bond acceptors (Lipinski definition) is 4. The summed E-state index contributed by atoms with van der Waals surface area (Å²) in [7, 11) is 0.811. The molecule has 1 heterocycles. The van der Waals surface area contributed by atoms with Gasteiger partial charge < -0.3 is 9.47 Å². The first-order chi connectivity index (χ1) is 19.4. The van der Waals surface area contributed by atoms with Gasteiger partial charge in [-0.2, -0.15) is 39.5 Å². The van der Waals surface area contributed by atoms with E-state index in [9.17, 15) is 49.1 Å². The van der Waals surface area contributed by atoms with E-state index in [0.29, 0.717) is 23.5 Å². The van der Waals surface area contributed by atoms with Crippen LogP contribution < -0.4 is 4.90 Å². The van der Waals surface area contributed by atoms with Crippen LogP contribution in [0.2, 0.25) is 0 Å². The van der Waals surface area contributed by atoms with Crippen LogP contribution in [0.3, 0.4) is 0 Å². The minimum Gasteiger partial charge on any atom is -0.453 e. The third-order valence-corrected chi connectivity index (χ3v) is 6.77. The second-order valence-electron chi connectivity index (χ2n) is 9.54. The van der Waals surface area contributed by atoms with Gasteiger partial charge in [0.1, 0.15) is 5.92 Å². The molecule has 0 aromatic heterocycles. The number of hydrogen-bond donors (Lipinski definition) is 0. The fraction of sp³-hybridized carbons (Fsp3) is 0.481. The molecule has 6 nitrogen and oxygen atoms in total. The number of alkyl halides is 9. The number of anilines is 1. The molecule has 1 unspecified atom stereocenters. The summed E-state index contributed by atoms with van der Waals surface area (Å²) < 4.78 is 135. The van der Waals surface area contributed by atoms with Gasteiger partial charge in [0.25, 0.3) is 0 Å². The molecule has 1 aliphatic heterocycles. The molecule has 0 fully saturated rings. The smallest absolute Gasteiger partial charge is 0.416 e. The van der Waals surface area contributed by atoms with Crippen molar-refractivity contribution in [3.8, 4) is 0 Å². The van der Waals surface area contributed by atoms with E-state index in [4.69, 9.17) is 4.74 Å². The summed E-state index contributed by atoms with van der Waals surface area (Å²) in [5, 5.41) is 0. The van der Waals surface area contributed by atoms with Crippen LogP contribution in [0, 0.1) is 5.92 Å². The average Bonchev–Trinajstić information content (AvgIpc) is 2.91. The lowest BCUT2D eigenvalue weighted by Gasteiger charge is -2.49. The second kappa shape index (κ2) is 12.3. The first kappa shape index (κ1) is 32.9. The minimum absolute atomic E-state index is 0.0649. The first-order valence-electron chi connectivity index (χ1n) is 12.7. The summed E-state index contributed by atoms with van der Waals surface area (Å²) in [6, 6.07) is 2.10. The molecule has 0 aliphatic carbocycles. The van der Waals surface area contributed by atoms with E-state index in [1.165, 1.54) is 31.2 Å². The van der Waals surface area contributed by atoms with Gasteiger partial charge >= 0.3 is 30.7 Å². The maximum absolute atomic E-state index is 14.9. The lowest BCUT2D eigenvalue weighted by Crippen LogP contribution is -2.58. The van der Waals surface area contributed by atoms with Crippen molar-refractivity contribution >= 4 is 17.9 Å². The van der Waals surface area contributed by atoms with Gasteiger partial charge in [-0.05, 0) is 48.2 Å². The van der Waals surface area contributed by atoms with Crippen molar-refractivity contribution in [2.45, 2.75) is 63.8 Å². The van der Waals surface area contributed by atoms with Crippen LogP contribution >= 0.6 is 0 Å². The Morgan fingerprint density at radius 2 is 1.48 bits per heavy atom. The Kier molecular flexibility index (Phi) is 9.62. The van der Waals surface area contributed by atoms with Crippen molar-refractivity contribution in [1.82, 2.24) is 4.90 Å². The van der Waals surface area contributed by atoms with Gasteiger partial charge in [-0.1, -0.05) is 32.0 Å². The predicted octanol–water partition coefficient (Wildman–Crippen LogP) is 8.36. The summed E-state index contributed by atoms with van der Waals surface area (Å²) >= 11 is 0. The van der Waals surface area contributed by atoms with Gasteiger partial charge in [0.05, 0.1) is 42.6 Å². The maximum atomic E-state index is 14.9. The van der Waals surface area contributed by atoms with Crippen molar-refractivity contribution in [2.75, 3.05) is 18.6 Å². The number of para-hydroxylation sites is 1. The van der Waals surface area contributed by atoms with Gasteiger partial charge in [0.2, 0.25) is 0 Å². The Hall–Kier alpha value is -3.65. The quantitative estimate of drug-likeness (QED) is 0.307. The molecule has 0 radical (unpaired) electrons. The number of halogens is 9. The number of rotatable bonds is 6. The monoisotopic (exact) mass is 614 g/mol. The van der Waals surface area contributed by atoms with Crippen LogP contribution in [0.5, 0.6) is 0 Å². The lowest BCUT2D eigenvalue weighted by molar-refractivity contribution is -0.199. The summed E-state index contributed by atoms with van der Waals surface area (Å²) in [5.74, 6) is -2.53. The highest BCUT2D eigenvalue weighted by atomic mass is 19.4. The number of carbonyl (C=O) groups is 2. The fourth-order valence-corrected chi connectivity index (χ4v) is 5.09. The molecule has 3 rings (SSSR count). The second-order valence-corrected chi connectivity index (χ2v) is 9.54. The Morgan fingerprint density at radius 3 is 1.95 bits per heavy atom. The van der Waals surface area contributed by atoms with Crippen LogP contribution in [0.4, 0.5) is 54.8 Å². The number of benzene rings is 2. The zero-order valence-corrected chi connectivity index (χ0v) is 22.5. The number of carbonyl (C=O) groups excluding carboxylic acids is 2. The Labute approximate surface area is 235 Å². The average molecular weight is 615 g/mol. The summed E-state index contributed by atoms with van der Waals surface area (Å²) in [6.07, 6.45) is -18.0. The van der Waals surface area contributed by atoms with E-state index < -0.39 is 72.0 Å². The first-order valence-corrected chi connectivity index (χ1v) is 12.7. The van der Waals surface area contributed by atoms with Crippen molar-refractivity contribution in [1.29, 1.82) is 0 Å². The van der Waals surface area contributed by atoms with Gasteiger partial charge in [-0.25, -0.2) is 9.59 Å². The molecule has 0 saturated heterocycles. The van der Waals surface area contributed by atoms with Crippen molar-refractivity contribution in [3.05, 3.63) is 64.7 Å². The molecule has 42 heavy (non-hydrogen) atoms. The van der Waals surface area contributed by atoms with E-state index in [-0.39, 0.29) is 30.3 Å². The minimum atomic E-state index is -5.23. The largest absolute Gasteiger partial charge is 0.453 e. The molecular formula is C27H27F9N2O4. The number of ether oxygens (including phenoxy) is 2. The molecule has 0 bridgehead atoms. The summed E-state index contributed by atoms with van der Waals surface area (Å²) in [4.78, 5) is 27.3. The number of nitrogens with zero attached hydrogens (tertiary/aromatic N) is 2. The molecular weight excluding hydrogens is 587 g/mol. The topological polar surface area (TPSA) is 59.1 Å². The van der Waals surface area contributed by atoms with Gasteiger partial charge in [0.15, 0.2) is 0 Å². The van der Waals surface area contributed by atoms with Crippen LogP contribution in [0.15, 0.2) is 42.5 Å². The normalized spacial score (nSPS) is 19.2. The molecule has 0 N–H and O–H groups in total. The molecule has 2 aromatic carbocycles. The third kappa shape index (κ3) is 6.86. The molecule has 2 amide bonds. The van der Waals surface area contributed by atoms with Crippen LogP contribution in [-0.2, 0) is 28.4 Å². The van der Waals surface area contributed by atoms with Crippen molar-refractivity contribution in [3.63, 3.8) is 0 Å². The SMILES string of the molecule is CCCOC(=O)N1c2ccccc2[C@@H](N(Cc2cc(C(F)(F)F)cc(C(F)(F)F)c2)C(=O)OC)C(C(F)(F)F)[C@H]1CC. The summed E-state index contributed by atoms with van der Waals surface area (Å²) in [6.45, 7) is 1.83. The van der Waals surface area contributed by atoms with Crippen molar-refractivity contribution in [2.24, 2.45) is 5.92 Å². The zero-order chi connectivity index (χ0) is 31.6. The number of fused-ring (bicyclic) bond motifs is 1. The molecule has 3 atom stereocenters. The predicted molar refractivity (Wildman–Crippen MR) is 131 cm³/mol. The Morgan fingerprint density at radius 1 is 0.905 bits per heavy atom. The van der Waals surface area contributed by atoms with Gasteiger partial charge in [-0.15, -0.1) is 0 Å². The molecule has 232 valence electrons. The van der Waals surface area contributed by atoms with E-state index in [0.717, 1.165) is 12.0 Å². The van der Waals surface area contributed by atoms with E-state index >= 15 is 0 Å². The molecule has 15 heteroatoms.